The van der Waals surface area contributed by atoms with Gasteiger partial charge in [0.1, 0.15) is 16.7 Å². The second-order valence-corrected chi connectivity index (χ2v) is 12.7. The Bertz CT molecular complexity index is 1340. The summed E-state index contributed by atoms with van der Waals surface area (Å²) in [5, 5.41) is 1.92. The number of ether oxygens (including phenoxy) is 1. The Balaban J connectivity index is 1.87. The van der Waals surface area contributed by atoms with Gasteiger partial charge < -0.3 is 4.74 Å². The van der Waals surface area contributed by atoms with Crippen LogP contribution in [0.2, 0.25) is 0 Å². The molecule has 0 aliphatic carbocycles. The van der Waals surface area contributed by atoms with Crippen LogP contribution in [0.25, 0.3) is 21.9 Å². The fourth-order valence-corrected chi connectivity index (χ4v) is 6.06. The van der Waals surface area contributed by atoms with Crippen molar-refractivity contribution >= 4 is 43.2 Å². The van der Waals surface area contributed by atoms with Crippen LogP contribution in [-0.2, 0) is 26.4 Å². The van der Waals surface area contributed by atoms with Crippen LogP contribution in [0.5, 0.6) is 5.75 Å². The molecule has 3 aromatic carbocycles. The van der Waals surface area contributed by atoms with Gasteiger partial charge in [-0.05, 0) is 58.5 Å². The number of methoxy groups -OCH3 is 1. The Kier molecular flexibility index (Phi) is 6.18. The smallest absolute Gasteiger partial charge is 0.229 e. The number of nitrogens with one attached hydrogen (secondary N) is 1. The van der Waals surface area contributed by atoms with Gasteiger partial charge in [-0.15, -0.1) is 0 Å². The summed E-state index contributed by atoms with van der Waals surface area (Å²) in [6, 6.07) is 15.7. The first-order valence-corrected chi connectivity index (χ1v) is 14.0. The number of hydrogen-bond acceptors (Lipinski definition) is 4. The van der Waals surface area contributed by atoms with E-state index >= 15 is 0 Å². The maximum Gasteiger partial charge on any atom is 0.229 e. The predicted octanol–water partition coefficient (Wildman–Crippen LogP) is 5.06. The summed E-state index contributed by atoms with van der Waals surface area (Å²) in [4.78, 5) is 0. The first kappa shape index (κ1) is 23.6. The lowest BCUT2D eigenvalue weighted by atomic mass is 9.83. The fraction of sp³-hybridized carbons (Fsp3) is 0.360. The lowest BCUT2D eigenvalue weighted by Gasteiger charge is -2.27. The summed E-state index contributed by atoms with van der Waals surface area (Å²) < 4.78 is 46.2. The van der Waals surface area contributed by atoms with E-state index in [4.69, 9.17) is 4.74 Å². The van der Waals surface area contributed by atoms with E-state index in [1.807, 2.05) is 28.6 Å². The number of hydrogen-bond donors (Lipinski definition) is 1. The van der Waals surface area contributed by atoms with E-state index in [0.29, 0.717) is 11.4 Å². The van der Waals surface area contributed by atoms with E-state index in [9.17, 15) is 12.6 Å². The average molecular weight is 487 g/mol. The van der Waals surface area contributed by atoms with Gasteiger partial charge in [-0.25, -0.2) is 12.6 Å². The highest BCUT2D eigenvalue weighted by atomic mass is 32.2. The molecule has 1 aliphatic rings. The molecule has 1 saturated heterocycles. The quantitative estimate of drug-likeness (QED) is 0.547. The van der Waals surface area contributed by atoms with Gasteiger partial charge in [0.25, 0.3) is 0 Å². The minimum atomic E-state index is -3.34. The molecule has 0 aromatic heterocycles. The van der Waals surface area contributed by atoms with Gasteiger partial charge >= 0.3 is 0 Å². The molecule has 1 unspecified atom stereocenters. The molecule has 6 nitrogen and oxygen atoms in total. The minimum Gasteiger partial charge on any atom is -0.496 e. The Morgan fingerprint density at radius 1 is 1.03 bits per heavy atom. The summed E-state index contributed by atoms with van der Waals surface area (Å²) in [7, 11) is -2.67. The van der Waals surface area contributed by atoms with Crippen LogP contribution in [0.1, 0.15) is 32.8 Å². The number of nitrogens with zero attached hydrogens (tertiary/aromatic N) is 1. The Hall–Kier alpha value is -2.58. The van der Waals surface area contributed by atoms with Crippen molar-refractivity contribution in [2.75, 3.05) is 34.7 Å². The molecule has 1 N–H and O–H groups in total. The summed E-state index contributed by atoms with van der Waals surface area (Å²) >= 11 is 0. The van der Waals surface area contributed by atoms with Crippen LogP contribution in [-0.4, -0.2) is 38.3 Å². The van der Waals surface area contributed by atoms with E-state index < -0.39 is 21.0 Å². The van der Waals surface area contributed by atoms with Crippen molar-refractivity contribution in [3.8, 4) is 16.9 Å². The van der Waals surface area contributed by atoms with Crippen molar-refractivity contribution in [2.45, 2.75) is 32.6 Å². The summed E-state index contributed by atoms with van der Waals surface area (Å²) in [6.07, 6.45) is 2.05. The van der Waals surface area contributed by atoms with Crippen LogP contribution in [0.3, 0.4) is 0 Å². The van der Waals surface area contributed by atoms with E-state index in [1.54, 1.807) is 13.2 Å². The highest BCUT2D eigenvalue weighted by Gasteiger charge is 2.27. The molecule has 1 aliphatic heterocycles. The van der Waals surface area contributed by atoms with Gasteiger partial charge in [-0.2, -0.15) is 0 Å². The fourth-order valence-electron chi connectivity index (χ4n) is 4.23. The molecule has 1 heterocycles. The van der Waals surface area contributed by atoms with Crippen molar-refractivity contribution in [1.29, 1.82) is 0 Å². The van der Waals surface area contributed by atoms with Crippen molar-refractivity contribution in [2.24, 2.45) is 0 Å². The lowest BCUT2D eigenvalue weighted by Crippen LogP contribution is -2.21. The number of benzene rings is 3. The number of fused-ring (bicyclic) bond motifs is 1. The molecular formula is C25H30N2O4S2. The van der Waals surface area contributed by atoms with E-state index in [0.717, 1.165) is 58.1 Å². The van der Waals surface area contributed by atoms with Gasteiger partial charge in [0.2, 0.25) is 10.0 Å². The predicted molar refractivity (Wildman–Crippen MR) is 138 cm³/mol. The van der Waals surface area contributed by atoms with Crippen molar-refractivity contribution < 1.29 is 17.4 Å². The zero-order valence-electron chi connectivity index (χ0n) is 19.6. The first-order valence-electron chi connectivity index (χ1n) is 10.9. The minimum absolute atomic E-state index is 0.166. The number of rotatable bonds is 5. The molecular weight excluding hydrogens is 456 g/mol. The van der Waals surface area contributed by atoms with Gasteiger partial charge in [-0.3, -0.25) is 9.03 Å². The van der Waals surface area contributed by atoms with Gasteiger partial charge in [0.15, 0.2) is 0 Å². The summed E-state index contributed by atoms with van der Waals surface area (Å²) in [6.45, 7) is 7.22. The Morgan fingerprint density at radius 2 is 1.73 bits per heavy atom. The largest absolute Gasteiger partial charge is 0.496 e. The molecule has 1 atom stereocenters. The third-order valence-corrected chi connectivity index (χ3v) is 7.88. The second-order valence-electron chi connectivity index (χ2n) is 9.46. The maximum atomic E-state index is 12.6. The molecule has 176 valence electrons. The molecule has 33 heavy (non-hydrogen) atoms. The normalized spacial score (nSPS) is 16.9. The van der Waals surface area contributed by atoms with E-state index in [2.05, 4.69) is 43.7 Å². The van der Waals surface area contributed by atoms with Crippen LogP contribution in [0.4, 0.5) is 11.4 Å². The number of sulfonamides is 1. The molecule has 0 spiro atoms. The van der Waals surface area contributed by atoms with Gasteiger partial charge in [0.05, 0.1) is 19.1 Å². The van der Waals surface area contributed by atoms with Crippen molar-refractivity contribution in [3.05, 3.63) is 54.1 Å². The number of anilines is 2. The SMILES string of the molecule is COc1c(-c2ccc3cc(NS(C)(=O)=O)ccc3c2)cc(N2CCCS2=O)cc1C(C)(C)C. The summed E-state index contributed by atoms with van der Waals surface area (Å²) in [5.74, 6) is 1.50. The molecule has 8 heteroatoms. The zero-order chi connectivity index (χ0) is 24.0. The Labute approximate surface area is 198 Å². The molecule has 3 aromatic rings. The van der Waals surface area contributed by atoms with Crippen LogP contribution < -0.4 is 13.8 Å². The maximum absolute atomic E-state index is 12.6. The van der Waals surface area contributed by atoms with Gasteiger partial charge in [-0.1, -0.05) is 39.0 Å². The molecule has 0 bridgehead atoms. The van der Waals surface area contributed by atoms with E-state index in [1.165, 1.54) is 0 Å². The highest BCUT2D eigenvalue weighted by molar-refractivity contribution is 7.92. The third kappa shape index (κ3) is 5.01. The van der Waals surface area contributed by atoms with Crippen molar-refractivity contribution in [1.82, 2.24) is 0 Å². The zero-order valence-corrected chi connectivity index (χ0v) is 21.3. The summed E-state index contributed by atoms with van der Waals surface area (Å²) in [5.41, 5.74) is 4.31. The topological polar surface area (TPSA) is 75.7 Å². The van der Waals surface area contributed by atoms with Crippen LogP contribution in [0, 0.1) is 0 Å². The monoisotopic (exact) mass is 486 g/mol. The standard InChI is InChI=1S/C25H30N2O4S2/c1-25(2,3)23-16-21(27-11-6-12-32(27)28)15-22(24(23)31-4)19-8-7-18-14-20(26-33(5,29)30)10-9-17(18)13-19/h7-10,13-16,26H,6,11-12H2,1-5H3. The molecule has 1 fully saturated rings. The highest BCUT2D eigenvalue weighted by Crippen LogP contribution is 2.43. The molecule has 0 amide bonds. The molecule has 4 rings (SSSR count). The lowest BCUT2D eigenvalue weighted by molar-refractivity contribution is 0.399. The molecule has 0 saturated carbocycles. The molecule has 0 radical (unpaired) electrons. The second kappa shape index (κ2) is 8.65. The van der Waals surface area contributed by atoms with Crippen molar-refractivity contribution in [3.63, 3.8) is 0 Å². The Morgan fingerprint density at radius 3 is 2.33 bits per heavy atom. The van der Waals surface area contributed by atoms with Gasteiger partial charge in [0, 0.05) is 29.1 Å². The third-order valence-electron chi connectivity index (χ3n) is 5.75. The van der Waals surface area contributed by atoms with Crippen LogP contribution in [0.15, 0.2) is 48.5 Å². The first-order chi connectivity index (χ1) is 15.5. The van der Waals surface area contributed by atoms with Crippen LogP contribution >= 0.6 is 0 Å². The van der Waals surface area contributed by atoms with E-state index in [-0.39, 0.29) is 5.41 Å². The average Bonchev–Trinajstić information content (AvgIpc) is 3.16.